The fourth-order valence-electron chi connectivity index (χ4n) is 2.01. The molecule has 0 amide bonds. The van der Waals surface area contributed by atoms with Crippen molar-refractivity contribution >= 4 is 11.6 Å². The summed E-state index contributed by atoms with van der Waals surface area (Å²) >= 11 is 0. The molecule has 6 heteroatoms. The van der Waals surface area contributed by atoms with Crippen molar-refractivity contribution in [2.75, 3.05) is 23.7 Å². The van der Waals surface area contributed by atoms with Gasteiger partial charge in [-0.2, -0.15) is 5.26 Å². The van der Waals surface area contributed by atoms with Gasteiger partial charge in [-0.3, -0.25) is 4.98 Å². The van der Waals surface area contributed by atoms with E-state index in [4.69, 9.17) is 0 Å². The summed E-state index contributed by atoms with van der Waals surface area (Å²) in [7, 11) is 0. The van der Waals surface area contributed by atoms with Crippen molar-refractivity contribution in [3.8, 4) is 6.07 Å². The largest absolute Gasteiger partial charge is 0.384 e. The SMILES string of the molecule is Cc1cc(NCCCNc2ncccn2)c(C#N)c(C)n1. The average Bonchev–Trinajstić information content (AvgIpc) is 2.47. The van der Waals surface area contributed by atoms with Gasteiger partial charge in [0.1, 0.15) is 6.07 Å². The van der Waals surface area contributed by atoms with E-state index in [-0.39, 0.29) is 0 Å². The van der Waals surface area contributed by atoms with E-state index in [9.17, 15) is 5.26 Å². The van der Waals surface area contributed by atoms with Crippen LogP contribution >= 0.6 is 0 Å². The minimum atomic E-state index is 0.611. The molecule has 2 N–H and O–H groups in total. The van der Waals surface area contributed by atoms with Crippen LogP contribution in [0.25, 0.3) is 0 Å². The number of nitriles is 1. The molecular formula is C15H18N6. The van der Waals surface area contributed by atoms with Crippen LogP contribution in [0.2, 0.25) is 0 Å². The van der Waals surface area contributed by atoms with E-state index in [1.165, 1.54) is 0 Å². The molecule has 2 aromatic rings. The van der Waals surface area contributed by atoms with Gasteiger partial charge in [0.05, 0.1) is 16.9 Å². The summed E-state index contributed by atoms with van der Waals surface area (Å²) in [6.07, 6.45) is 4.30. The molecule has 0 radical (unpaired) electrons. The van der Waals surface area contributed by atoms with Gasteiger partial charge in [-0.25, -0.2) is 9.97 Å². The van der Waals surface area contributed by atoms with Gasteiger partial charge in [0.2, 0.25) is 5.95 Å². The Labute approximate surface area is 124 Å². The van der Waals surface area contributed by atoms with E-state index in [1.54, 1.807) is 18.5 Å². The Hall–Kier alpha value is -2.68. The van der Waals surface area contributed by atoms with Gasteiger partial charge in [0, 0.05) is 31.2 Å². The summed E-state index contributed by atoms with van der Waals surface area (Å²) in [6.45, 7) is 5.30. The molecule has 0 aliphatic heterocycles. The summed E-state index contributed by atoms with van der Waals surface area (Å²) in [4.78, 5) is 12.5. The number of aromatic nitrogens is 3. The predicted molar refractivity (Wildman–Crippen MR) is 82.1 cm³/mol. The number of hydrogen-bond acceptors (Lipinski definition) is 6. The zero-order valence-corrected chi connectivity index (χ0v) is 12.2. The van der Waals surface area contributed by atoms with E-state index in [0.29, 0.717) is 11.5 Å². The third kappa shape index (κ3) is 4.14. The normalized spacial score (nSPS) is 9.95. The highest BCUT2D eigenvalue weighted by Gasteiger charge is 2.07. The number of pyridine rings is 1. The van der Waals surface area contributed by atoms with Gasteiger partial charge < -0.3 is 10.6 Å². The molecule has 2 aromatic heterocycles. The first kappa shape index (κ1) is 14.7. The van der Waals surface area contributed by atoms with Crippen molar-refractivity contribution in [2.24, 2.45) is 0 Å². The second-order valence-electron chi connectivity index (χ2n) is 4.66. The van der Waals surface area contributed by atoms with Crippen LogP contribution in [0.5, 0.6) is 0 Å². The van der Waals surface area contributed by atoms with Crippen molar-refractivity contribution in [1.29, 1.82) is 5.26 Å². The van der Waals surface area contributed by atoms with Crippen LogP contribution in [0, 0.1) is 25.2 Å². The van der Waals surface area contributed by atoms with Gasteiger partial charge in [-0.05, 0) is 32.4 Å². The molecule has 0 aliphatic carbocycles. The Morgan fingerprint density at radius 3 is 2.57 bits per heavy atom. The van der Waals surface area contributed by atoms with Gasteiger partial charge in [0.15, 0.2) is 0 Å². The quantitative estimate of drug-likeness (QED) is 0.790. The van der Waals surface area contributed by atoms with Crippen molar-refractivity contribution in [3.05, 3.63) is 41.5 Å². The maximum Gasteiger partial charge on any atom is 0.222 e. The van der Waals surface area contributed by atoms with Crippen LogP contribution in [0.15, 0.2) is 24.5 Å². The van der Waals surface area contributed by atoms with Crippen LogP contribution in [0.3, 0.4) is 0 Å². The van der Waals surface area contributed by atoms with Gasteiger partial charge in [-0.1, -0.05) is 0 Å². The zero-order chi connectivity index (χ0) is 15.1. The summed E-state index contributed by atoms with van der Waals surface area (Å²) in [5, 5.41) is 15.6. The molecule has 0 aliphatic rings. The van der Waals surface area contributed by atoms with E-state index >= 15 is 0 Å². The molecule has 0 fully saturated rings. The zero-order valence-electron chi connectivity index (χ0n) is 12.2. The summed E-state index contributed by atoms with van der Waals surface area (Å²) in [6, 6.07) is 5.88. The fourth-order valence-corrected chi connectivity index (χ4v) is 2.01. The molecule has 2 rings (SSSR count). The van der Waals surface area contributed by atoms with Crippen LogP contribution in [0.1, 0.15) is 23.4 Å². The van der Waals surface area contributed by atoms with Gasteiger partial charge in [0.25, 0.3) is 0 Å². The van der Waals surface area contributed by atoms with Crippen LogP contribution < -0.4 is 10.6 Å². The summed E-state index contributed by atoms with van der Waals surface area (Å²) in [5.41, 5.74) is 3.12. The second-order valence-corrected chi connectivity index (χ2v) is 4.66. The van der Waals surface area contributed by atoms with E-state index in [2.05, 4.69) is 31.7 Å². The predicted octanol–water partition coefficient (Wildman–Crippen LogP) is 2.27. The third-order valence-corrected chi connectivity index (χ3v) is 2.96. The van der Waals surface area contributed by atoms with Crippen LogP contribution in [0.4, 0.5) is 11.6 Å². The second kappa shape index (κ2) is 7.20. The number of nitrogens with one attached hydrogen (secondary N) is 2. The third-order valence-electron chi connectivity index (χ3n) is 2.96. The fraction of sp³-hybridized carbons (Fsp3) is 0.333. The van der Waals surface area contributed by atoms with E-state index < -0.39 is 0 Å². The Bertz CT molecular complexity index is 633. The first-order valence-electron chi connectivity index (χ1n) is 6.84. The molecule has 0 unspecified atom stereocenters. The highest BCUT2D eigenvalue weighted by atomic mass is 15.1. The number of rotatable bonds is 6. The lowest BCUT2D eigenvalue weighted by Gasteiger charge is -2.11. The molecule has 0 saturated carbocycles. The lowest BCUT2D eigenvalue weighted by Crippen LogP contribution is -2.12. The van der Waals surface area contributed by atoms with Crippen molar-refractivity contribution in [3.63, 3.8) is 0 Å². The average molecular weight is 282 g/mol. The lowest BCUT2D eigenvalue weighted by molar-refractivity contribution is 0.893. The molecular weight excluding hydrogens is 264 g/mol. The number of aryl methyl sites for hydroxylation is 2. The molecule has 0 atom stereocenters. The number of hydrogen-bond donors (Lipinski definition) is 2. The summed E-state index contributed by atoms with van der Waals surface area (Å²) < 4.78 is 0. The Kier molecular flexibility index (Phi) is 5.04. The Morgan fingerprint density at radius 2 is 1.86 bits per heavy atom. The highest BCUT2D eigenvalue weighted by molar-refractivity contribution is 5.59. The number of anilines is 2. The molecule has 108 valence electrons. The first-order chi connectivity index (χ1) is 10.2. The topological polar surface area (TPSA) is 86.5 Å². The Morgan fingerprint density at radius 1 is 1.14 bits per heavy atom. The molecule has 2 heterocycles. The smallest absolute Gasteiger partial charge is 0.222 e. The standard InChI is InChI=1S/C15H18N6/c1-11-9-14(13(10-16)12(2)21-11)17-5-3-6-18-15-19-7-4-8-20-15/h4,7-9H,3,5-6H2,1-2H3,(H,17,21)(H,18,19,20). The molecule has 6 nitrogen and oxygen atoms in total. The maximum atomic E-state index is 9.18. The molecule has 0 saturated heterocycles. The molecule has 0 bridgehead atoms. The monoisotopic (exact) mass is 282 g/mol. The van der Waals surface area contributed by atoms with Gasteiger partial charge in [-0.15, -0.1) is 0 Å². The van der Waals surface area contributed by atoms with E-state index in [1.807, 2.05) is 19.9 Å². The minimum Gasteiger partial charge on any atom is -0.384 e. The van der Waals surface area contributed by atoms with Crippen molar-refractivity contribution in [1.82, 2.24) is 15.0 Å². The maximum absolute atomic E-state index is 9.18. The highest BCUT2D eigenvalue weighted by Crippen LogP contribution is 2.18. The van der Waals surface area contributed by atoms with Crippen LogP contribution in [-0.4, -0.2) is 28.0 Å². The van der Waals surface area contributed by atoms with Crippen LogP contribution in [-0.2, 0) is 0 Å². The molecule has 0 spiro atoms. The minimum absolute atomic E-state index is 0.611. The summed E-state index contributed by atoms with van der Waals surface area (Å²) in [5.74, 6) is 0.630. The lowest BCUT2D eigenvalue weighted by atomic mass is 10.1. The molecule has 0 aromatic carbocycles. The van der Waals surface area contributed by atoms with Gasteiger partial charge >= 0.3 is 0 Å². The molecule has 21 heavy (non-hydrogen) atoms. The van der Waals surface area contributed by atoms with Crippen molar-refractivity contribution < 1.29 is 0 Å². The van der Waals surface area contributed by atoms with E-state index in [0.717, 1.165) is 36.6 Å². The number of nitrogens with zero attached hydrogens (tertiary/aromatic N) is 4. The van der Waals surface area contributed by atoms with Crippen molar-refractivity contribution in [2.45, 2.75) is 20.3 Å². The first-order valence-corrected chi connectivity index (χ1v) is 6.84. The Balaban J connectivity index is 1.83.